The van der Waals surface area contributed by atoms with Crippen molar-refractivity contribution in [2.24, 2.45) is 23.2 Å². The number of hydrogen-bond donors (Lipinski definition) is 1. The first kappa shape index (κ1) is 15.3. The van der Waals surface area contributed by atoms with Crippen molar-refractivity contribution in [3.05, 3.63) is 24.8 Å². The summed E-state index contributed by atoms with van der Waals surface area (Å²) in [4.78, 5) is 34.4. The zero-order chi connectivity index (χ0) is 15.6. The number of hydrogen-bond acceptors (Lipinski definition) is 5. The normalized spacial score (nSPS) is 32.7. The first-order valence-electron chi connectivity index (χ1n) is 6.77. The van der Waals surface area contributed by atoms with Gasteiger partial charge < -0.3 is 14.6 Å². The molecule has 6 nitrogen and oxygen atoms in total. The summed E-state index contributed by atoms with van der Waals surface area (Å²) in [6.07, 6.45) is 5.44. The standard InChI is InChI=1S/C15H18O6/c1-3-10(16)20-6-7-21-14(19)12-11(13(17)18)9-4-5-15(12,2)8-9/h3-5,9,11-12H,1,6-8H2,2H3,(H,17,18). The van der Waals surface area contributed by atoms with Crippen molar-refractivity contribution in [1.82, 2.24) is 0 Å². The molecule has 0 aromatic rings. The monoisotopic (exact) mass is 294 g/mol. The lowest BCUT2D eigenvalue weighted by Crippen LogP contribution is -2.38. The van der Waals surface area contributed by atoms with E-state index in [1.165, 1.54) is 0 Å². The Morgan fingerprint density at radius 1 is 1.38 bits per heavy atom. The first-order valence-corrected chi connectivity index (χ1v) is 6.77. The van der Waals surface area contributed by atoms with Gasteiger partial charge in [0.2, 0.25) is 0 Å². The van der Waals surface area contributed by atoms with Gasteiger partial charge in [-0.2, -0.15) is 0 Å². The molecule has 0 aromatic carbocycles. The van der Waals surface area contributed by atoms with Gasteiger partial charge in [-0.1, -0.05) is 25.7 Å². The summed E-state index contributed by atoms with van der Waals surface area (Å²) >= 11 is 0. The third-order valence-electron chi connectivity index (χ3n) is 4.21. The van der Waals surface area contributed by atoms with E-state index in [9.17, 15) is 19.5 Å². The zero-order valence-electron chi connectivity index (χ0n) is 11.8. The van der Waals surface area contributed by atoms with Crippen LogP contribution in [0.1, 0.15) is 13.3 Å². The predicted molar refractivity (Wildman–Crippen MR) is 72.1 cm³/mol. The number of esters is 2. The molecule has 0 heterocycles. The summed E-state index contributed by atoms with van der Waals surface area (Å²) in [5.74, 6) is -3.68. The predicted octanol–water partition coefficient (Wildman–Crippen LogP) is 1.17. The van der Waals surface area contributed by atoms with E-state index in [2.05, 4.69) is 6.58 Å². The Kier molecular flexibility index (Phi) is 4.16. The second-order valence-electron chi connectivity index (χ2n) is 5.61. The summed E-state index contributed by atoms with van der Waals surface area (Å²) < 4.78 is 9.77. The number of aliphatic carboxylic acids is 1. The fourth-order valence-corrected chi connectivity index (χ4v) is 3.30. The lowest BCUT2D eigenvalue weighted by Gasteiger charge is -2.29. The maximum absolute atomic E-state index is 12.2. The lowest BCUT2D eigenvalue weighted by molar-refractivity contribution is -0.162. The number of allylic oxidation sites excluding steroid dienone is 2. The van der Waals surface area contributed by atoms with E-state index >= 15 is 0 Å². The third-order valence-corrected chi connectivity index (χ3v) is 4.21. The number of carboxylic acid groups (broad SMARTS) is 1. The van der Waals surface area contributed by atoms with Gasteiger partial charge in [-0.25, -0.2) is 4.79 Å². The Bertz CT molecular complexity index is 508. The smallest absolute Gasteiger partial charge is 0.330 e. The number of carbonyl (C=O) groups excluding carboxylic acids is 2. The molecule has 0 aromatic heterocycles. The van der Waals surface area contributed by atoms with Crippen molar-refractivity contribution in [1.29, 1.82) is 0 Å². The van der Waals surface area contributed by atoms with Gasteiger partial charge in [0.1, 0.15) is 13.2 Å². The second-order valence-corrected chi connectivity index (χ2v) is 5.61. The molecule has 4 atom stereocenters. The Morgan fingerprint density at radius 3 is 2.67 bits per heavy atom. The summed E-state index contributed by atoms with van der Waals surface area (Å²) in [5, 5.41) is 9.32. The van der Waals surface area contributed by atoms with Crippen LogP contribution in [0.25, 0.3) is 0 Å². The number of carbonyl (C=O) groups is 3. The molecule has 1 fully saturated rings. The van der Waals surface area contributed by atoms with E-state index in [4.69, 9.17) is 9.47 Å². The van der Waals surface area contributed by atoms with E-state index < -0.39 is 35.2 Å². The lowest BCUT2D eigenvalue weighted by atomic mass is 9.75. The Hall–Kier alpha value is -2.11. The van der Waals surface area contributed by atoms with Crippen LogP contribution >= 0.6 is 0 Å². The van der Waals surface area contributed by atoms with Gasteiger partial charge in [0.25, 0.3) is 0 Å². The third kappa shape index (κ3) is 2.84. The van der Waals surface area contributed by atoms with Crippen LogP contribution in [0.3, 0.4) is 0 Å². The summed E-state index contributed by atoms with van der Waals surface area (Å²) in [7, 11) is 0. The minimum absolute atomic E-state index is 0.0724. The molecule has 2 aliphatic rings. The molecule has 0 radical (unpaired) electrons. The van der Waals surface area contributed by atoms with Gasteiger partial charge in [0, 0.05) is 11.5 Å². The van der Waals surface area contributed by atoms with E-state index in [0.29, 0.717) is 6.42 Å². The fraction of sp³-hybridized carbons (Fsp3) is 0.533. The van der Waals surface area contributed by atoms with Crippen molar-refractivity contribution < 1.29 is 29.0 Å². The van der Waals surface area contributed by atoms with E-state index in [1.807, 2.05) is 19.1 Å². The Balaban J connectivity index is 1.95. The van der Waals surface area contributed by atoms with Crippen LogP contribution in [0.4, 0.5) is 0 Å². The van der Waals surface area contributed by atoms with Crippen LogP contribution in [-0.2, 0) is 23.9 Å². The second kappa shape index (κ2) is 5.71. The van der Waals surface area contributed by atoms with Crippen LogP contribution in [0.15, 0.2) is 24.8 Å². The van der Waals surface area contributed by atoms with Crippen LogP contribution in [-0.4, -0.2) is 36.2 Å². The fourth-order valence-electron chi connectivity index (χ4n) is 3.30. The maximum atomic E-state index is 12.2. The number of fused-ring (bicyclic) bond motifs is 2. The Labute approximate surface area is 122 Å². The molecule has 6 heteroatoms. The molecule has 1 saturated carbocycles. The molecule has 0 amide bonds. The van der Waals surface area contributed by atoms with Crippen molar-refractivity contribution in [3.8, 4) is 0 Å². The molecule has 0 spiro atoms. The zero-order valence-corrected chi connectivity index (χ0v) is 11.8. The average molecular weight is 294 g/mol. The highest BCUT2D eigenvalue weighted by molar-refractivity contribution is 5.84. The van der Waals surface area contributed by atoms with Gasteiger partial charge in [0.15, 0.2) is 0 Å². The molecule has 1 N–H and O–H groups in total. The van der Waals surface area contributed by atoms with E-state index in [-0.39, 0.29) is 19.1 Å². The van der Waals surface area contributed by atoms with Crippen LogP contribution < -0.4 is 0 Å². The maximum Gasteiger partial charge on any atom is 0.330 e. The highest BCUT2D eigenvalue weighted by Gasteiger charge is 2.58. The molecule has 114 valence electrons. The molecule has 0 saturated heterocycles. The molecule has 2 rings (SSSR count). The van der Waals surface area contributed by atoms with Gasteiger partial charge in [-0.3, -0.25) is 9.59 Å². The molecule has 0 aliphatic heterocycles. The average Bonchev–Trinajstić information content (AvgIpc) is 2.95. The number of carboxylic acids is 1. The molecular formula is C15H18O6. The SMILES string of the molecule is C=CC(=O)OCCOC(=O)C1C(C(=O)O)C2C=CC1(C)C2. The Morgan fingerprint density at radius 2 is 2.05 bits per heavy atom. The highest BCUT2D eigenvalue weighted by Crippen LogP contribution is 2.56. The minimum atomic E-state index is -0.979. The molecular weight excluding hydrogens is 276 g/mol. The van der Waals surface area contributed by atoms with Crippen molar-refractivity contribution >= 4 is 17.9 Å². The van der Waals surface area contributed by atoms with Crippen molar-refractivity contribution in [3.63, 3.8) is 0 Å². The number of ether oxygens (including phenoxy) is 2. The summed E-state index contributed by atoms with van der Waals surface area (Å²) in [5.41, 5.74) is -0.470. The van der Waals surface area contributed by atoms with Crippen molar-refractivity contribution in [2.45, 2.75) is 13.3 Å². The highest BCUT2D eigenvalue weighted by atomic mass is 16.6. The molecule has 4 unspecified atom stereocenters. The molecule has 2 aliphatic carbocycles. The quantitative estimate of drug-likeness (QED) is 0.342. The van der Waals surface area contributed by atoms with Gasteiger partial charge in [-0.15, -0.1) is 0 Å². The summed E-state index contributed by atoms with van der Waals surface area (Å²) in [6, 6.07) is 0. The summed E-state index contributed by atoms with van der Waals surface area (Å²) in [6.45, 7) is 4.95. The van der Waals surface area contributed by atoms with E-state index in [0.717, 1.165) is 6.08 Å². The number of rotatable bonds is 6. The minimum Gasteiger partial charge on any atom is -0.481 e. The molecule has 2 bridgehead atoms. The van der Waals surface area contributed by atoms with Gasteiger partial charge in [-0.05, 0) is 12.3 Å². The van der Waals surface area contributed by atoms with E-state index in [1.54, 1.807) is 0 Å². The van der Waals surface area contributed by atoms with Crippen LogP contribution in [0.5, 0.6) is 0 Å². The van der Waals surface area contributed by atoms with Crippen LogP contribution in [0, 0.1) is 23.2 Å². The van der Waals surface area contributed by atoms with Gasteiger partial charge in [0.05, 0.1) is 11.8 Å². The van der Waals surface area contributed by atoms with Crippen LogP contribution in [0.2, 0.25) is 0 Å². The first-order chi connectivity index (χ1) is 9.89. The largest absolute Gasteiger partial charge is 0.481 e. The topological polar surface area (TPSA) is 89.9 Å². The van der Waals surface area contributed by atoms with Gasteiger partial charge >= 0.3 is 17.9 Å². The van der Waals surface area contributed by atoms with Crippen molar-refractivity contribution in [2.75, 3.05) is 13.2 Å². The molecule has 21 heavy (non-hydrogen) atoms.